The normalized spacial score (nSPS) is 12.2. The Morgan fingerprint density at radius 1 is 0.0985 bits per heavy atom. The van der Waals surface area contributed by atoms with Crippen LogP contribution in [0.2, 0.25) is 0 Å². The van der Waals surface area contributed by atoms with Crippen LogP contribution >= 0.6 is 0 Å². The first-order valence-electron chi connectivity index (χ1n) is 45.8. The van der Waals surface area contributed by atoms with E-state index in [0.29, 0.717) is 0 Å². The van der Waals surface area contributed by atoms with Crippen molar-refractivity contribution in [1.29, 1.82) is 0 Å². The number of fused-ring (bicyclic) bond motifs is 38. The molecule has 0 aliphatic heterocycles. The van der Waals surface area contributed by atoms with Crippen LogP contribution < -0.4 is 0 Å². The van der Waals surface area contributed by atoms with Gasteiger partial charge in [-0.25, -0.2) is 0 Å². The summed E-state index contributed by atoms with van der Waals surface area (Å²) < 4.78 is 10.0. The van der Waals surface area contributed by atoms with Crippen molar-refractivity contribution >= 4 is 238 Å². The third-order valence-corrected chi connectivity index (χ3v) is 29.2. The van der Waals surface area contributed by atoms with Crippen molar-refractivity contribution in [2.45, 2.75) is 0 Å². The van der Waals surface area contributed by atoms with E-state index >= 15 is 0 Å². The van der Waals surface area contributed by atoms with Crippen LogP contribution in [0.25, 0.3) is 283 Å². The van der Waals surface area contributed by atoms with Crippen LogP contribution in [0.4, 0.5) is 0 Å². The van der Waals surface area contributed by atoms with Crippen LogP contribution in [-0.2, 0) is 0 Å². The van der Waals surface area contributed by atoms with Crippen molar-refractivity contribution in [3.63, 3.8) is 0 Å². The van der Waals surface area contributed by atoms with Gasteiger partial charge in [-0.05, 0) is 236 Å². The van der Waals surface area contributed by atoms with Crippen molar-refractivity contribution in [2.24, 2.45) is 0 Å². The molecular weight excluding hydrogens is 1590 g/mol. The molecule has 0 saturated heterocycles. The summed E-state index contributed by atoms with van der Waals surface area (Å²) in [6, 6.07) is 172. The average molecular weight is 1670 g/mol. The SMILES string of the molecule is c1ccc2c(c1)c(-n1c3ccccc3c3cc(-c4ccc5c6ccccc6n(-c6cc7c8ccccc8c8ccccc8c7c7ccccc67)c5c4)ccc31)cc1c3ccccc3c3ccccc3c21.c1ccc2c(c1)ccc1cc(-n3c4ccccc4c4cc(-c5ccc6c7ccccc7n(-c7cc8ccc9ccccc9c8c8ccccc78)c6c5)ccc43)c3ccccc3c12. The Hall–Kier alpha value is -17.4. The summed E-state index contributed by atoms with van der Waals surface area (Å²) in [5, 5.41) is 45.7. The van der Waals surface area contributed by atoms with Gasteiger partial charge in [0.2, 0.25) is 0 Å². The Kier molecular flexibility index (Phi) is 15.4. The first-order chi connectivity index (χ1) is 65.5. The van der Waals surface area contributed by atoms with Gasteiger partial charge < -0.3 is 18.3 Å². The maximum absolute atomic E-state index is 2.53. The quantitative estimate of drug-likeness (QED) is 0.148. The van der Waals surface area contributed by atoms with Gasteiger partial charge in [0, 0.05) is 64.6 Å². The van der Waals surface area contributed by atoms with E-state index in [1.165, 1.54) is 283 Å². The largest absolute Gasteiger partial charge is 0.309 e. The third-order valence-electron chi connectivity index (χ3n) is 29.2. The molecule has 0 N–H and O–H groups in total. The van der Waals surface area contributed by atoms with Crippen LogP contribution in [0.3, 0.4) is 0 Å². The van der Waals surface area contributed by atoms with Gasteiger partial charge in [-0.3, -0.25) is 0 Å². The molecule has 4 aromatic heterocycles. The summed E-state index contributed by atoms with van der Waals surface area (Å²) in [5.74, 6) is 0. The lowest BCUT2D eigenvalue weighted by atomic mass is 9.90. The minimum atomic E-state index is 1.19. The zero-order chi connectivity index (χ0) is 86.1. The van der Waals surface area contributed by atoms with Crippen molar-refractivity contribution in [2.75, 3.05) is 0 Å². The second kappa shape index (κ2) is 28.0. The second-order valence-electron chi connectivity index (χ2n) is 35.9. The highest BCUT2D eigenvalue weighted by molar-refractivity contribution is 6.36. The zero-order valence-corrected chi connectivity index (χ0v) is 71.7. The predicted octanol–water partition coefficient (Wildman–Crippen LogP) is 35.2. The summed E-state index contributed by atoms with van der Waals surface area (Å²) in [6.45, 7) is 0. The highest BCUT2D eigenvalue weighted by atomic mass is 15.0. The molecule has 0 amide bonds. The predicted molar refractivity (Wildman–Crippen MR) is 566 cm³/mol. The fourth-order valence-electron chi connectivity index (χ4n) is 23.6. The van der Waals surface area contributed by atoms with Crippen LogP contribution in [0, 0.1) is 0 Å². The molecule has 132 heavy (non-hydrogen) atoms. The van der Waals surface area contributed by atoms with E-state index in [9.17, 15) is 0 Å². The Morgan fingerprint density at radius 3 is 0.659 bits per heavy atom. The molecule has 0 bridgehead atoms. The summed E-state index contributed by atoms with van der Waals surface area (Å²) in [5.41, 5.74) is 19.1. The molecule has 30 aromatic rings. The van der Waals surface area contributed by atoms with Gasteiger partial charge in [0.25, 0.3) is 0 Å². The fraction of sp³-hybridized carbons (Fsp3) is 0. The molecule has 0 unspecified atom stereocenters. The molecule has 0 atom stereocenters. The zero-order valence-electron chi connectivity index (χ0n) is 71.7. The van der Waals surface area contributed by atoms with E-state index in [0.717, 1.165) is 0 Å². The lowest BCUT2D eigenvalue weighted by Crippen LogP contribution is -1.97. The molecule has 4 heteroatoms. The first kappa shape index (κ1) is 72.7. The second-order valence-corrected chi connectivity index (χ2v) is 35.9. The summed E-state index contributed by atoms with van der Waals surface area (Å²) in [7, 11) is 0. The highest BCUT2D eigenvalue weighted by Gasteiger charge is 2.26. The molecule has 0 aliphatic carbocycles. The fourth-order valence-corrected chi connectivity index (χ4v) is 23.6. The molecule has 0 fully saturated rings. The third kappa shape index (κ3) is 10.4. The standard InChI is InChI=1S/C68H40N2.C60H36N2/c1-3-21-47-43(17-1)45-19-5-9-27-54(45)67-56-29-11-7-24-50(56)65(39-59(47)67)69-62-32-16-14-26-52(62)58-37-41(34-36-63(58)69)42-33-35-53-49-23-13-15-31-61(49)70(64(53)38-42)66-40-60-48-22-4-2-18-44(48)46-20-6-10-28-55(46)68(60)57-30-12-8-25-51(57)66;1-3-15-43-37(13-1)25-27-41-35-57(46-18-5-7-21-50(46)59(41)43)61-54-24-12-10-20-48(54)52-33-39(30-32-55(52)61)40-29-31-49-45-17-9-11-23-53(45)62(56(49)34-40)58-36-42-28-26-38-14-2-4-16-44(38)60(42)51-22-8-6-19-47(51)58/h1-40H;1-36H. The van der Waals surface area contributed by atoms with E-state index in [1.54, 1.807) is 0 Å². The van der Waals surface area contributed by atoms with Gasteiger partial charge in [0.1, 0.15) is 0 Å². The van der Waals surface area contributed by atoms with Gasteiger partial charge in [0.15, 0.2) is 0 Å². The Morgan fingerprint density at radius 2 is 0.311 bits per heavy atom. The van der Waals surface area contributed by atoms with Gasteiger partial charge in [0.05, 0.1) is 66.9 Å². The minimum absolute atomic E-state index is 1.19. The van der Waals surface area contributed by atoms with Crippen molar-refractivity contribution in [1.82, 2.24) is 18.3 Å². The van der Waals surface area contributed by atoms with Crippen LogP contribution in [0.5, 0.6) is 0 Å². The smallest absolute Gasteiger partial charge is 0.0547 e. The summed E-state index contributed by atoms with van der Waals surface area (Å²) >= 11 is 0. The van der Waals surface area contributed by atoms with E-state index < -0.39 is 0 Å². The lowest BCUT2D eigenvalue weighted by molar-refractivity contribution is 1.20. The van der Waals surface area contributed by atoms with Gasteiger partial charge >= 0.3 is 0 Å². The molecule has 0 saturated carbocycles. The molecule has 0 spiro atoms. The number of para-hydroxylation sites is 4. The molecule has 30 rings (SSSR count). The minimum Gasteiger partial charge on any atom is -0.309 e. The summed E-state index contributed by atoms with van der Waals surface area (Å²) in [4.78, 5) is 0. The van der Waals surface area contributed by atoms with Crippen molar-refractivity contribution in [3.05, 3.63) is 461 Å². The number of hydrogen-bond donors (Lipinski definition) is 0. The van der Waals surface area contributed by atoms with Crippen LogP contribution in [0.1, 0.15) is 0 Å². The summed E-state index contributed by atoms with van der Waals surface area (Å²) in [6.07, 6.45) is 0. The van der Waals surface area contributed by atoms with Gasteiger partial charge in [-0.15, -0.1) is 0 Å². The van der Waals surface area contributed by atoms with Gasteiger partial charge in [-0.1, -0.05) is 376 Å². The molecule has 4 nitrogen and oxygen atoms in total. The highest BCUT2D eigenvalue weighted by Crippen LogP contribution is 2.50. The molecule has 26 aromatic carbocycles. The van der Waals surface area contributed by atoms with E-state index in [1.807, 2.05) is 0 Å². The molecule has 608 valence electrons. The first-order valence-corrected chi connectivity index (χ1v) is 45.8. The lowest BCUT2D eigenvalue weighted by Gasteiger charge is -2.18. The Bertz CT molecular complexity index is 10300. The van der Waals surface area contributed by atoms with E-state index in [-0.39, 0.29) is 0 Å². The monoisotopic (exact) mass is 1670 g/mol. The number of rotatable bonds is 6. The van der Waals surface area contributed by atoms with Crippen LogP contribution in [0.15, 0.2) is 461 Å². The number of hydrogen-bond acceptors (Lipinski definition) is 0. The Labute approximate surface area is 757 Å². The molecule has 0 aliphatic rings. The maximum atomic E-state index is 2.53. The topological polar surface area (TPSA) is 19.7 Å². The molecule has 4 heterocycles. The van der Waals surface area contributed by atoms with E-state index in [2.05, 4.69) is 479 Å². The number of nitrogens with zero attached hydrogens (tertiary/aromatic N) is 4. The van der Waals surface area contributed by atoms with Crippen molar-refractivity contribution < 1.29 is 0 Å². The van der Waals surface area contributed by atoms with Gasteiger partial charge in [-0.2, -0.15) is 0 Å². The van der Waals surface area contributed by atoms with E-state index in [4.69, 9.17) is 0 Å². The van der Waals surface area contributed by atoms with Crippen molar-refractivity contribution in [3.8, 4) is 45.0 Å². The Balaban J connectivity index is 0.000000130. The molecule has 0 radical (unpaired) electrons. The molecular formula is C128H76N4. The number of aromatic nitrogens is 4. The average Bonchev–Trinajstić information content (AvgIpc) is 1.75. The van der Waals surface area contributed by atoms with Crippen LogP contribution in [-0.4, -0.2) is 18.3 Å². The maximum Gasteiger partial charge on any atom is 0.0547 e. The number of benzene rings is 26.